The Morgan fingerprint density at radius 2 is 1.69 bits per heavy atom. The van der Waals surface area contributed by atoms with Crippen molar-refractivity contribution in [3.05, 3.63) is 98.3 Å². The maximum Gasteiger partial charge on any atom is 0.290 e. The highest BCUT2D eigenvalue weighted by atomic mass is 32.2. The first kappa shape index (κ1) is 22.3. The van der Waals surface area contributed by atoms with Gasteiger partial charge in [0.25, 0.3) is 5.91 Å². The molecule has 7 heteroatoms. The van der Waals surface area contributed by atoms with Gasteiger partial charge in [0, 0.05) is 4.88 Å². The molecule has 0 saturated heterocycles. The first-order valence-corrected chi connectivity index (χ1v) is 12.7. The summed E-state index contributed by atoms with van der Waals surface area (Å²) in [4.78, 5) is 15.2. The molecule has 166 valence electrons. The van der Waals surface area contributed by atoms with Gasteiger partial charge < -0.3 is 10.0 Å². The summed E-state index contributed by atoms with van der Waals surface area (Å²) >= 11 is 1.48. The Morgan fingerprint density at radius 3 is 2.25 bits per heavy atom. The molecule has 4 rings (SSSR count). The second-order valence-corrected chi connectivity index (χ2v) is 11.2. The number of hydrogen-bond donors (Lipinski definition) is 1. The van der Waals surface area contributed by atoms with Crippen LogP contribution in [0.2, 0.25) is 0 Å². The van der Waals surface area contributed by atoms with Crippen LogP contribution < -0.4 is 0 Å². The van der Waals surface area contributed by atoms with Gasteiger partial charge in [0.15, 0.2) is 5.76 Å². The minimum Gasteiger partial charge on any atom is -0.502 e. The third-order valence-corrected chi connectivity index (χ3v) is 8.45. The predicted octanol–water partition coefficient (Wildman–Crippen LogP) is 5.51. The molecule has 32 heavy (non-hydrogen) atoms. The van der Waals surface area contributed by atoms with Crippen LogP contribution in [0.1, 0.15) is 47.4 Å². The van der Waals surface area contributed by atoms with E-state index < -0.39 is 27.5 Å². The molecule has 0 radical (unpaired) electrons. The van der Waals surface area contributed by atoms with E-state index in [1.54, 1.807) is 12.1 Å². The fraction of sp³-hybridized carbons (Fsp3) is 0.240. The maximum absolute atomic E-state index is 13.6. The molecule has 3 aromatic rings. The number of thiophene rings is 1. The molecular formula is C25H25NO4S2. The number of carbonyl (C=O) groups excluding carboxylic acids is 1. The van der Waals surface area contributed by atoms with Crippen LogP contribution in [0.4, 0.5) is 0 Å². The quantitative estimate of drug-likeness (QED) is 0.519. The maximum atomic E-state index is 13.6. The summed E-state index contributed by atoms with van der Waals surface area (Å²) in [7, 11) is -4.10. The van der Waals surface area contributed by atoms with Crippen molar-refractivity contribution in [2.75, 3.05) is 0 Å². The van der Waals surface area contributed by atoms with Gasteiger partial charge in [0.05, 0.1) is 17.5 Å². The lowest BCUT2D eigenvalue weighted by atomic mass is 9.99. The molecule has 5 nitrogen and oxygen atoms in total. The number of carbonyl (C=O) groups is 1. The molecule has 1 amide bonds. The van der Waals surface area contributed by atoms with Gasteiger partial charge in [-0.2, -0.15) is 0 Å². The molecular weight excluding hydrogens is 442 g/mol. The third-order valence-electron chi connectivity index (χ3n) is 5.70. The molecule has 2 aromatic carbocycles. The summed E-state index contributed by atoms with van der Waals surface area (Å²) in [6, 6.07) is 16.9. The molecule has 2 heterocycles. The zero-order valence-corrected chi connectivity index (χ0v) is 19.8. The van der Waals surface area contributed by atoms with Crippen LogP contribution in [0.15, 0.2) is 81.6 Å². The molecule has 0 bridgehead atoms. The molecule has 0 saturated carbocycles. The van der Waals surface area contributed by atoms with E-state index in [-0.39, 0.29) is 16.3 Å². The van der Waals surface area contributed by atoms with Crippen molar-refractivity contribution in [2.45, 2.75) is 44.2 Å². The van der Waals surface area contributed by atoms with E-state index in [9.17, 15) is 18.3 Å². The minimum absolute atomic E-state index is 0.0548. The van der Waals surface area contributed by atoms with Gasteiger partial charge in [-0.15, -0.1) is 11.3 Å². The number of amides is 1. The number of benzene rings is 2. The number of aryl methyl sites for hydroxylation is 1. The minimum atomic E-state index is -4.10. The van der Waals surface area contributed by atoms with Gasteiger partial charge in [-0.05, 0) is 47.5 Å². The molecule has 1 atom stereocenters. The molecule has 0 unspecified atom stereocenters. The van der Waals surface area contributed by atoms with E-state index in [0.717, 1.165) is 16.0 Å². The summed E-state index contributed by atoms with van der Waals surface area (Å²) < 4.78 is 27.2. The molecule has 1 aliphatic rings. The molecule has 1 aromatic heterocycles. The Balaban J connectivity index is 1.85. The van der Waals surface area contributed by atoms with E-state index in [4.69, 9.17) is 0 Å². The van der Waals surface area contributed by atoms with E-state index >= 15 is 0 Å². The smallest absolute Gasteiger partial charge is 0.290 e. The average molecular weight is 468 g/mol. The summed E-state index contributed by atoms with van der Waals surface area (Å²) in [5, 5.41) is 12.7. The summed E-state index contributed by atoms with van der Waals surface area (Å²) in [5.74, 6) is -1.07. The Bertz CT molecular complexity index is 1260. The zero-order chi connectivity index (χ0) is 23.0. The molecule has 0 aliphatic carbocycles. The van der Waals surface area contributed by atoms with Crippen molar-refractivity contribution < 1.29 is 18.3 Å². The lowest BCUT2D eigenvalue weighted by Gasteiger charge is -2.27. The van der Waals surface area contributed by atoms with Crippen LogP contribution in [0.5, 0.6) is 0 Å². The first-order chi connectivity index (χ1) is 15.2. The Labute approximate surface area is 192 Å². The topological polar surface area (TPSA) is 74.7 Å². The van der Waals surface area contributed by atoms with E-state index in [1.807, 2.05) is 48.7 Å². The zero-order valence-electron chi connectivity index (χ0n) is 18.1. The summed E-state index contributed by atoms with van der Waals surface area (Å²) in [5.41, 5.74) is 2.68. The monoisotopic (exact) mass is 467 g/mol. The number of rotatable bonds is 6. The van der Waals surface area contributed by atoms with Crippen LogP contribution >= 0.6 is 11.3 Å². The van der Waals surface area contributed by atoms with Crippen molar-refractivity contribution in [3.63, 3.8) is 0 Å². The molecule has 1 N–H and O–H groups in total. The van der Waals surface area contributed by atoms with Gasteiger partial charge >= 0.3 is 0 Å². The number of sulfone groups is 1. The van der Waals surface area contributed by atoms with Gasteiger partial charge in [-0.1, -0.05) is 61.9 Å². The van der Waals surface area contributed by atoms with Crippen molar-refractivity contribution in [1.82, 2.24) is 4.90 Å². The summed E-state index contributed by atoms with van der Waals surface area (Å²) in [6.45, 7) is 6.24. The van der Waals surface area contributed by atoms with Crippen LogP contribution in [0.3, 0.4) is 0 Å². The normalized spacial score (nSPS) is 16.9. The average Bonchev–Trinajstić information content (AvgIpc) is 3.36. The second kappa shape index (κ2) is 8.56. The van der Waals surface area contributed by atoms with E-state index in [0.29, 0.717) is 11.5 Å². The number of aliphatic hydroxyl groups excluding tert-OH is 1. The highest BCUT2D eigenvalue weighted by Gasteiger charge is 2.46. The fourth-order valence-electron chi connectivity index (χ4n) is 3.88. The van der Waals surface area contributed by atoms with Gasteiger partial charge in [0.2, 0.25) is 9.84 Å². The lowest BCUT2D eigenvalue weighted by Crippen LogP contribution is -2.30. The van der Waals surface area contributed by atoms with Crippen molar-refractivity contribution >= 4 is 27.1 Å². The largest absolute Gasteiger partial charge is 0.502 e. The summed E-state index contributed by atoms with van der Waals surface area (Å²) in [6.07, 6.45) is 0. The van der Waals surface area contributed by atoms with Gasteiger partial charge in [0.1, 0.15) is 4.91 Å². The second-order valence-electron chi connectivity index (χ2n) is 8.27. The van der Waals surface area contributed by atoms with Crippen LogP contribution in [-0.2, 0) is 21.2 Å². The Kier molecular flexibility index (Phi) is 5.97. The molecule has 0 spiro atoms. The highest BCUT2D eigenvalue weighted by molar-refractivity contribution is 7.95. The van der Waals surface area contributed by atoms with Crippen LogP contribution in [0.25, 0.3) is 0 Å². The number of aliphatic hydroxyl groups is 1. The van der Waals surface area contributed by atoms with Gasteiger partial charge in [-0.25, -0.2) is 8.42 Å². The van der Waals surface area contributed by atoms with E-state index in [2.05, 4.69) is 13.8 Å². The molecule has 1 aliphatic heterocycles. The standard InChI is InChI=1S/C25H25NO4S2/c1-16(2)18-8-10-19(11-9-18)22-24(32(29,30)21-12-6-17(3)7-13-21)23(27)25(28)26(22)15-20-5-4-14-31-20/h4-14,16,22,27H,15H2,1-3H3/t22-/m0/s1. The predicted molar refractivity (Wildman–Crippen MR) is 126 cm³/mol. The van der Waals surface area contributed by atoms with Crippen molar-refractivity contribution in [2.24, 2.45) is 0 Å². The van der Waals surface area contributed by atoms with Gasteiger partial charge in [-0.3, -0.25) is 4.79 Å². The fourth-order valence-corrected chi connectivity index (χ4v) is 6.23. The lowest BCUT2D eigenvalue weighted by molar-refractivity contribution is -0.130. The third kappa shape index (κ3) is 3.98. The Hall–Kier alpha value is -2.90. The van der Waals surface area contributed by atoms with E-state index in [1.165, 1.54) is 28.4 Å². The SMILES string of the molecule is Cc1ccc(S(=O)(=O)C2=C(O)C(=O)N(Cc3cccs3)[C@H]2c2ccc(C(C)C)cc2)cc1. The highest BCUT2D eigenvalue weighted by Crippen LogP contribution is 2.43. The first-order valence-electron chi connectivity index (χ1n) is 10.4. The van der Waals surface area contributed by atoms with Crippen LogP contribution in [-0.4, -0.2) is 24.3 Å². The van der Waals surface area contributed by atoms with Crippen LogP contribution in [0, 0.1) is 6.92 Å². The number of hydrogen-bond acceptors (Lipinski definition) is 5. The Morgan fingerprint density at radius 1 is 1.03 bits per heavy atom. The van der Waals surface area contributed by atoms with Crippen molar-refractivity contribution in [3.8, 4) is 0 Å². The number of nitrogens with zero attached hydrogens (tertiary/aromatic N) is 1. The molecule has 0 fully saturated rings. The van der Waals surface area contributed by atoms with Crippen molar-refractivity contribution in [1.29, 1.82) is 0 Å².